The number of hydrogen-bond donors (Lipinski definition) is 1. The highest BCUT2D eigenvalue weighted by molar-refractivity contribution is 9.10. The fourth-order valence-corrected chi connectivity index (χ4v) is 2.34. The Kier molecular flexibility index (Phi) is 5.03. The van der Waals surface area contributed by atoms with Gasteiger partial charge in [0, 0.05) is 17.1 Å². The second kappa shape index (κ2) is 6.56. The van der Waals surface area contributed by atoms with Crippen LogP contribution in [0.2, 0.25) is 5.02 Å². The maximum atomic E-state index is 6.09. The molecule has 2 rings (SSSR count). The SMILES string of the molecule is Cc1ccc([C@H](C)NCc2ccc(Br)c(Cl)c2)cc1. The van der Waals surface area contributed by atoms with Crippen LogP contribution in [-0.4, -0.2) is 0 Å². The summed E-state index contributed by atoms with van der Waals surface area (Å²) in [4.78, 5) is 0. The van der Waals surface area contributed by atoms with Crippen LogP contribution in [0.4, 0.5) is 0 Å². The molecule has 1 nitrogen and oxygen atoms in total. The van der Waals surface area contributed by atoms with Crippen molar-refractivity contribution in [1.29, 1.82) is 0 Å². The van der Waals surface area contributed by atoms with Crippen molar-refractivity contribution in [1.82, 2.24) is 5.32 Å². The molecule has 0 aliphatic heterocycles. The largest absolute Gasteiger partial charge is 0.306 e. The molecule has 0 amide bonds. The van der Waals surface area contributed by atoms with E-state index in [0.29, 0.717) is 6.04 Å². The minimum atomic E-state index is 0.322. The van der Waals surface area contributed by atoms with E-state index in [4.69, 9.17) is 11.6 Å². The van der Waals surface area contributed by atoms with Gasteiger partial charge in [-0.15, -0.1) is 0 Å². The van der Waals surface area contributed by atoms with Crippen LogP contribution in [0.1, 0.15) is 29.7 Å². The minimum absolute atomic E-state index is 0.322. The normalized spacial score (nSPS) is 12.4. The van der Waals surface area contributed by atoms with E-state index in [0.717, 1.165) is 16.0 Å². The standard InChI is InChI=1S/C16H17BrClN/c1-11-3-6-14(7-4-11)12(2)19-10-13-5-8-15(17)16(18)9-13/h3-9,12,19H,10H2,1-2H3/t12-/m0/s1. The van der Waals surface area contributed by atoms with Crippen molar-refractivity contribution in [2.75, 3.05) is 0 Å². The molecule has 0 bridgehead atoms. The summed E-state index contributed by atoms with van der Waals surface area (Å²) < 4.78 is 0.935. The zero-order valence-electron chi connectivity index (χ0n) is 11.1. The van der Waals surface area contributed by atoms with E-state index in [1.165, 1.54) is 16.7 Å². The molecule has 1 atom stereocenters. The maximum Gasteiger partial charge on any atom is 0.0551 e. The molecule has 2 aromatic rings. The lowest BCUT2D eigenvalue weighted by Crippen LogP contribution is -2.18. The van der Waals surface area contributed by atoms with Gasteiger partial charge in [0.2, 0.25) is 0 Å². The Labute approximate surface area is 128 Å². The molecule has 0 radical (unpaired) electrons. The molecule has 100 valence electrons. The van der Waals surface area contributed by atoms with Crippen LogP contribution in [0.3, 0.4) is 0 Å². The van der Waals surface area contributed by atoms with Gasteiger partial charge in [-0.1, -0.05) is 47.5 Å². The third-order valence-electron chi connectivity index (χ3n) is 3.17. The van der Waals surface area contributed by atoms with Gasteiger partial charge in [0.05, 0.1) is 5.02 Å². The summed E-state index contributed by atoms with van der Waals surface area (Å²) in [6, 6.07) is 15.0. The van der Waals surface area contributed by atoms with Gasteiger partial charge in [0.25, 0.3) is 0 Å². The summed E-state index contributed by atoms with van der Waals surface area (Å²) in [5.74, 6) is 0. The van der Waals surface area contributed by atoms with Crippen LogP contribution in [0.25, 0.3) is 0 Å². The van der Waals surface area contributed by atoms with Crippen molar-refractivity contribution >= 4 is 27.5 Å². The molecule has 1 N–H and O–H groups in total. The monoisotopic (exact) mass is 337 g/mol. The Morgan fingerprint density at radius 3 is 2.47 bits per heavy atom. The second-order valence-corrected chi connectivity index (χ2v) is 6.02. The first-order valence-corrected chi connectivity index (χ1v) is 7.47. The van der Waals surface area contributed by atoms with Gasteiger partial charge < -0.3 is 5.32 Å². The van der Waals surface area contributed by atoms with Crippen LogP contribution in [0.15, 0.2) is 46.9 Å². The number of halogens is 2. The summed E-state index contributed by atoms with van der Waals surface area (Å²) in [5.41, 5.74) is 3.77. The Hall–Kier alpha value is -0.830. The zero-order chi connectivity index (χ0) is 13.8. The molecule has 0 unspecified atom stereocenters. The average molecular weight is 339 g/mol. The van der Waals surface area contributed by atoms with Crippen molar-refractivity contribution in [3.63, 3.8) is 0 Å². The summed E-state index contributed by atoms with van der Waals surface area (Å²) >= 11 is 9.49. The zero-order valence-corrected chi connectivity index (χ0v) is 13.4. The molecule has 0 aliphatic carbocycles. The highest BCUT2D eigenvalue weighted by Crippen LogP contribution is 2.23. The predicted molar refractivity (Wildman–Crippen MR) is 85.6 cm³/mol. The van der Waals surface area contributed by atoms with Gasteiger partial charge in [-0.25, -0.2) is 0 Å². The lowest BCUT2D eigenvalue weighted by molar-refractivity contribution is 0.574. The summed E-state index contributed by atoms with van der Waals surface area (Å²) in [6.45, 7) is 5.08. The number of rotatable bonds is 4. The molecule has 2 aromatic carbocycles. The molecule has 0 saturated heterocycles. The van der Waals surface area contributed by atoms with Gasteiger partial charge >= 0.3 is 0 Å². The minimum Gasteiger partial charge on any atom is -0.306 e. The Morgan fingerprint density at radius 1 is 1.16 bits per heavy atom. The van der Waals surface area contributed by atoms with E-state index in [9.17, 15) is 0 Å². The molecular formula is C16H17BrClN. The van der Waals surface area contributed by atoms with Crippen molar-refractivity contribution in [2.45, 2.75) is 26.4 Å². The highest BCUT2D eigenvalue weighted by Gasteiger charge is 2.05. The maximum absolute atomic E-state index is 6.09. The first kappa shape index (κ1) is 14.6. The van der Waals surface area contributed by atoms with E-state index in [1.807, 2.05) is 12.1 Å². The number of aryl methyl sites for hydroxylation is 1. The molecule has 19 heavy (non-hydrogen) atoms. The quantitative estimate of drug-likeness (QED) is 0.801. The molecule has 0 fully saturated rings. The predicted octanol–water partition coefficient (Wildman–Crippen LogP) is 5.26. The Balaban J connectivity index is 1.98. The van der Waals surface area contributed by atoms with Crippen LogP contribution >= 0.6 is 27.5 Å². The molecule has 0 aliphatic rings. The van der Waals surface area contributed by atoms with Gasteiger partial charge in [-0.05, 0) is 53.0 Å². The van der Waals surface area contributed by atoms with Crippen LogP contribution in [0.5, 0.6) is 0 Å². The van der Waals surface area contributed by atoms with Crippen molar-refractivity contribution in [3.8, 4) is 0 Å². The fourth-order valence-electron chi connectivity index (χ4n) is 1.89. The third-order valence-corrected chi connectivity index (χ3v) is 4.41. The Morgan fingerprint density at radius 2 is 1.84 bits per heavy atom. The van der Waals surface area contributed by atoms with Crippen LogP contribution in [-0.2, 0) is 6.54 Å². The third kappa shape index (κ3) is 4.07. The molecule has 0 saturated carbocycles. The second-order valence-electron chi connectivity index (χ2n) is 4.76. The van der Waals surface area contributed by atoms with E-state index >= 15 is 0 Å². The van der Waals surface area contributed by atoms with Gasteiger partial charge in [0.1, 0.15) is 0 Å². The van der Waals surface area contributed by atoms with Gasteiger partial charge in [0.15, 0.2) is 0 Å². The fraction of sp³-hybridized carbons (Fsp3) is 0.250. The van der Waals surface area contributed by atoms with Crippen molar-refractivity contribution in [3.05, 3.63) is 68.7 Å². The van der Waals surface area contributed by atoms with E-state index < -0.39 is 0 Å². The first-order valence-electron chi connectivity index (χ1n) is 6.30. The molecule has 0 aromatic heterocycles. The number of benzene rings is 2. The van der Waals surface area contributed by atoms with Crippen LogP contribution < -0.4 is 5.32 Å². The number of nitrogens with one attached hydrogen (secondary N) is 1. The Bertz CT molecular complexity index is 551. The smallest absolute Gasteiger partial charge is 0.0551 e. The molecular weight excluding hydrogens is 322 g/mol. The lowest BCUT2D eigenvalue weighted by atomic mass is 10.1. The van der Waals surface area contributed by atoms with Crippen molar-refractivity contribution in [2.24, 2.45) is 0 Å². The summed E-state index contributed by atoms with van der Waals surface area (Å²) in [6.07, 6.45) is 0. The number of hydrogen-bond acceptors (Lipinski definition) is 1. The molecule has 0 spiro atoms. The summed E-state index contributed by atoms with van der Waals surface area (Å²) in [5, 5.41) is 4.26. The van der Waals surface area contributed by atoms with E-state index in [2.05, 4.69) is 65.4 Å². The highest BCUT2D eigenvalue weighted by atomic mass is 79.9. The summed E-state index contributed by atoms with van der Waals surface area (Å²) in [7, 11) is 0. The van der Waals surface area contributed by atoms with E-state index in [-0.39, 0.29) is 0 Å². The first-order chi connectivity index (χ1) is 9.06. The average Bonchev–Trinajstić information content (AvgIpc) is 2.40. The molecule has 3 heteroatoms. The lowest BCUT2D eigenvalue weighted by Gasteiger charge is -2.15. The van der Waals surface area contributed by atoms with Crippen LogP contribution in [0, 0.1) is 6.92 Å². The van der Waals surface area contributed by atoms with Gasteiger partial charge in [-0.3, -0.25) is 0 Å². The van der Waals surface area contributed by atoms with Gasteiger partial charge in [-0.2, -0.15) is 0 Å². The topological polar surface area (TPSA) is 12.0 Å². The van der Waals surface area contributed by atoms with Crippen molar-refractivity contribution < 1.29 is 0 Å². The molecule has 0 heterocycles. The van der Waals surface area contributed by atoms with E-state index in [1.54, 1.807) is 0 Å².